The SMILES string of the molecule is O=c1[nH]c2ccc(Cl)cc2c(=O)n1CC1CCCNC1. The number of aromatic nitrogens is 2. The Kier molecular flexibility index (Phi) is 3.63. The maximum Gasteiger partial charge on any atom is 0.328 e. The largest absolute Gasteiger partial charge is 0.328 e. The van der Waals surface area contributed by atoms with Crippen molar-refractivity contribution in [3.63, 3.8) is 0 Å². The summed E-state index contributed by atoms with van der Waals surface area (Å²) in [5, 5.41) is 4.24. The van der Waals surface area contributed by atoms with Crippen molar-refractivity contribution < 1.29 is 0 Å². The molecule has 0 radical (unpaired) electrons. The zero-order chi connectivity index (χ0) is 14.1. The minimum absolute atomic E-state index is 0.267. The van der Waals surface area contributed by atoms with Gasteiger partial charge in [0.05, 0.1) is 10.9 Å². The first-order valence-electron chi connectivity index (χ1n) is 6.78. The van der Waals surface area contributed by atoms with Crippen molar-refractivity contribution in [3.8, 4) is 0 Å². The molecule has 0 saturated carbocycles. The molecular weight excluding hydrogens is 278 g/mol. The molecule has 1 unspecified atom stereocenters. The first-order valence-corrected chi connectivity index (χ1v) is 7.16. The zero-order valence-corrected chi connectivity index (χ0v) is 11.7. The van der Waals surface area contributed by atoms with Gasteiger partial charge in [0.2, 0.25) is 0 Å². The van der Waals surface area contributed by atoms with E-state index in [1.807, 2.05) is 0 Å². The van der Waals surface area contributed by atoms with Crippen LogP contribution < -0.4 is 16.6 Å². The summed E-state index contributed by atoms with van der Waals surface area (Å²) in [7, 11) is 0. The van der Waals surface area contributed by atoms with Gasteiger partial charge in [0.25, 0.3) is 5.56 Å². The number of benzene rings is 1. The van der Waals surface area contributed by atoms with Gasteiger partial charge >= 0.3 is 5.69 Å². The molecule has 1 aliphatic rings. The molecule has 1 atom stereocenters. The molecule has 2 aromatic rings. The minimum atomic E-state index is -0.351. The number of hydrogen-bond donors (Lipinski definition) is 2. The maximum atomic E-state index is 12.4. The quantitative estimate of drug-likeness (QED) is 0.878. The van der Waals surface area contributed by atoms with Crippen molar-refractivity contribution >= 4 is 22.5 Å². The summed E-state index contributed by atoms with van der Waals surface area (Å²) in [4.78, 5) is 27.3. The summed E-state index contributed by atoms with van der Waals surface area (Å²) in [6.07, 6.45) is 2.11. The second-order valence-corrected chi connectivity index (χ2v) is 5.68. The summed E-state index contributed by atoms with van der Waals surface area (Å²) >= 11 is 5.92. The first kappa shape index (κ1) is 13.4. The van der Waals surface area contributed by atoms with E-state index in [2.05, 4.69) is 10.3 Å². The third-order valence-corrected chi connectivity index (χ3v) is 4.02. The molecule has 1 aromatic heterocycles. The second kappa shape index (κ2) is 5.42. The Morgan fingerprint density at radius 3 is 2.95 bits per heavy atom. The third-order valence-electron chi connectivity index (χ3n) is 3.78. The second-order valence-electron chi connectivity index (χ2n) is 5.25. The van der Waals surface area contributed by atoms with Crippen molar-refractivity contribution in [3.05, 3.63) is 44.1 Å². The van der Waals surface area contributed by atoms with Crippen LogP contribution in [0.15, 0.2) is 27.8 Å². The van der Waals surface area contributed by atoms with E-state index in [1.165, 1.54) is 4.57 Å². The Balaban J connectivity index is 2.05. The highest BCUT2D eigenvalue weighted by atomic mass is 35.5. The molecule has 1 aliphatic heterocycles. The highest BCUT2D eigenvalue weighted by molar-refractivity contribution is 6.31. The van der Waals surface area contributed by atoms with Crippen LogP contribution in [-0.2, 0) is 6.54 Å². The smallest absolute Gasteiger partial charge is 0.316 e. The maximum absolute atomic E-state index is 12.4. The van der Waals surface area contributed by atoms with E-state index >= 15 is 0 Å². The highest BCUT2D eigenvalue weighted by Crippen LogP contribution is 2.14. The Bertz CT molecular complexity index is 744. The molecule has 2 N–H and O–H groups in total. The molecule has 1 fully saturated rings. The number of nitrogens with one attached hydrogen (secondary N) is 2. The molecule has 2 heterocycles. The van der Waals surface area contributed by atoms with Gasteiger partial charge in [-0.3, -0.25) is 9.36 Å². The van der Waals surface area contributed by atoms with Crippen LogP contribution in [0.3, 0.4) is 0 Å². The lowest BCUT2D eigenvalue weighted by molar-refractivity contribution is 0.329. The fraction of sp³-hybridized carbons (Fsp3) is 0.429. The monoisotopic (exact) mass is 293 g/mol. The van der Waals surface area contributed by atoms with Gasteiger partial charge in [0, 0.05) is 11.6 Å². The van der Waals surface area contributed by atoms with Gasteiger partial charge in [-0.1, -0.05) is 11.6 Å². The standard InChI is InChI=1S/C14H16ClN3O2/c15-10-3-4-12-11(6-10)13(19)18(14(20)17-12)8-9-2-1-5-16-7-9/h3-4,6,9,16H,1-2,5,7-8H2,(H,17,20). The lowest BCUT2D eigenvalue weighted by Crippen LogP contribution is -2.40. The summed E-state index contributed by atoms with van der Waals surface area (Å²) in [6, 6.07) is 4.92. The highest BCUT2D eigenvalue weighted by Gasteiger charge is 2.16. The number of rotatable bonds is 2. The van der Waals surface area contributed by atoms with Crippen LogP contribution in [0.25, 0.3) is 10.9 Å². The Morgan fingerprint density at radius 1 is 1.35 bits per heavy atom. The van der Waals surface area contributed by atoms with Crippen LogP contribution in [0.5, 0.6) is 0 Å². The molecule has 1 aromatic carbocycles. The van der Waals surface area contributed by atoms with Crippen LogP contribution in [-0.4, -0.2) is 22.6 Å². The van der Waals surface area contributed by atoms with Crippen LogP contribution in [0, 0.1) is 5.92 Å². The Labute approximate surface area is 120 Å². The summed E-state index contributed by atoms with van der Waals surface area (Å²) in [6.45, 7) is 2.30. The fourth-order valence-electron chi connectivity index (χ4n) is 2.73. The van der Waals surface area contributed by atoms with E-state index in [1.54, 1.807) is 18.2 Å². The average Bonchev–Trinajstić information content (AvgIpc) is 2.46. The van der Waals surface area contributed by atoms with E-state index in [4.69, 9.17) is 11.6 Å². The zero-order valence-electron chi connectivity index (χ0n) is 11.0. The molecule has 3 rings (SSSR count). The Morgan fingerprint density at radius 2 is 2.20 bits per heavy atom. The van der Waals surface area contributed by atoms with Crippen molar-refractivity contribution in [1.29, 1.82) is 0 Å². The molecular formula is C14H16ClN3O2. The number of halogens is 1. The molecule has 0 aliphatic carbocycles. The number of fused-ring (bicyclic) bond motifs is 1. The molecule has 0 bridgehead atoms. The van der Waals surface area contributed by atoms with Crippen LogP contribution >= 0.6 is 11.6 Å². The van der Waals surface area contributed by atoms with Gasteiger partial charge in [-0.2, -0.15) is 0 Å². The normalized spacial score (nSPS) is 19.4. The molecule has 5 nitrogen and oxygen atoms in total. The number of hydrogen-bond acceptors (Lipinski definition) is 3. The molecule has 6 heteroatoms. The lowest BCUT2D eigenvalue weighted by atomic mass is 10.00. The van der Waals surface area contributed by atoms with E-state index < -0.39 is 0 Å². The van der Waals surface area contributed by atoms with Crippen LogP contribution in [0.1, 0.15) is 12.8 Å². The molecule has 0 spiro atoms. The number of H-pyrrole nitrogens is 1. The summed E-state index contributed by atoms with van der Waals surface area (Å²) in [5.41, 5.74) is -0.0883. The average molecular weight is 294 g/mol. The first-order chi connectivity index (χ1) is 9.65. The molecule has 20 heavy (non-hydrogen) atoms. The summed E-state index contributed by atoms with van der Waals surface area (Å²) < 4.78 is 1.29. The van der Waals surface area contributed by atoms with Crippen molar-refractivity contribution in [2.45, 2.75) is 19.4 Å². The third kappa shape index (κ3) is 2.51. The molecule has 106 valence electrons. The topological polar surface area (TPSA) is 66.9 Å². The predicted octanol–water partition coefficient (Wildman–Crippen LogP) is 1.34. The van der Waals surface area contributed by atoms with Gasteiger partial charge in [-0.15, -0.1) is 0 Å². The van der Waals surface area contributed by atoms with Crippen molar-refractivity contribution in [1.82, 2.24) is 14.9 Å². The van der Waals surface area contributed by atoms with Crippen molar-refractivity contribution in [2.24, 2.45) is 5.92 Å². The Hall–Kier alpha value is -1.59. The van der Waals surface area contributed by atoms with E-state index in [0.717, 1.165) is 25.9 Å². The number of nitrogens with zero attached hydrogens (tertiary/aromatic N) is 1. The van der Waals surface area contributed by atoms with Gasteiger partial charge < -0.3 is 10.3 Å². The van der Waals surface area contributed by atoms with Gasteiger partial charge in [-0.05, 0) is 50.0 Å². The van der Waals surface area contributed by atoms with Crippen molar-refractivity contribution in [2.75, 3.05) is 13.1 Å². The fourth-order valence-corrected chi connectivity index (χ4v) is 2.90. The van der Waals surface area contributed by atoms with Gasteiger partial charge in [0.15, 0.2) is 0 Å². The number of aromatic amines is 1. The predicted molar refractivity (Wildman–Crippen MR) is 79.4 cm³/mol. The minimum Gasteiger partial charge on any atom is -0.316 e. The van der Waals surface area contributed by atoms with E-state index in [-0.39, 0.29) is 11.2 Å². The van der Waals surface area contributed by atoms with Gasteiger partial charge in [-0.25, -0.2) is 4.79 Å². The van der Waals surface area contributed by atoms with E-state index in [9.17, 15) is 9.59 Å². The van der Waals surface area contributed by atoms with E-state index in [0.29, 0.717) is 28.4 Å². The molecule has 1 saturated heterocycles. The van der Waals surface area contributed by atoms with Crippen LogP contribution in [0.2, 0.25) is 5.02 Å². The van der Waals surface area contributed by atoms with Crippen LogP contribution in [0.4, 0.5) is 0 Å². The molecule has 0 amide bonds. The lowest BCUT2D eigenvalue weighted by Gasteiger charge is -2.23. The van der Waals surface area contributed by atoms with Gasteiger partial charge in [0.1, 0.15) is 0 Å². The summed E-state index contributed by atoms with van der Waals surface area (Å²) in [5.74, 6) is 0.319. The number of piperidine rings is 1.